The van der Waals surface area contributed by atoms with Gasteiger partial charge in [-0.2, -0.15) is 0 Å². The van der Waals surface area contributed by atoms with Gasteiger partial charge in [0, 0.05) is 11.8 Å². The number of halogens is 1. The van der Waals surface area contributed by atoms with Gasteiger partial charge in [0.15, 0.2) is 0 Å². The molecule has 0 saturated heterocycles. The lowest BCUT2D eigenvalue weighted by Gasteiger charge is -2.08. The van der Waals surface area contributed by atoms with E-state index < -0.39 is 0 Å². The molecule has 0 radical (unpaired) electrons. The van der Waals surface area contributed by atoms with Gasteiger partial charge in [-0.05, 0) is 37.6 Å². The topological polar surface area (TPSA) is 35.0 Å². The molecule has 0 unspecified atom stereocenters. The Kier molecular flexibility index (Phi) is 3.29. The van der Waals surface area contributed by atoms with E-state index in [0.29, 0.717) is 10.8 Å². The second-order valence-electron chi connectivity index (χ2n) is 3.80. The molecule has 0 aliphatic heterocycles. The van der Waals surface area contributed by atoms with E-state index in [4.69, 9.17) is 16.3 Å². The van der Waals surface area contributed by atoms with Crippen LogP contribution in [0.4, 0.5) is 0 Å². The van der Waals surface area contributed by atoms with Crippen LogP contribution in [-0.2, 0) is 0 Å². The molecule has 0 atom stereocenters. The summed E-state index contributed by atoms with van der Waals surface area (Å²) < 4.78 is 5.13. The van der Waals surface area contributed by atoms with Crippen LogP contribution in [0, 0.1) is 13.8 Å². The minimum Gasteiger partial charge on any atom is -0.495 e. The van der Waals surface area contributed by atoms with E-state index in [1.165, 1.54) is 0 Å². The molecule has 0 bridgehead atoms. The minimum absolute atomic E-state index is 0.584. The molecule has 1 aromatic carbocycles. The van der Waals surface area contributed by atoms with Gasteiger partial charge in [-0.3, -0.25) is 0 Å². The number of methoxy groups -OCH3 is 1. The zero-order valence-electron chi connectivity index (χ0n) is 9.99. The second-order valence-corrected chi connectivity index (χ2v) is 4.21. The highest BCUT2D eigenvalue weighted by atomic mass is 35.5. The van der Waals surface area contributed by atoms with Crippen LogP contribution in [0.1, 0.15) is 11.4 Å². The summed E-state index contributed by atoms with van der Waals surface area (Å²) in [4.78, 5) is 8.58. The van der Waals surface area contributed by atoms with Gasteiger partial charge >= 0.3 is 0 Å². The zero-order chi connectivity index (χ0) is 12.4. The molecular formula is C13H13ClN2O. The third-order valence-corrected chi connectivity index (χ3v) is 2.81. The van der Waals surface area contributed by atoms with Gasteiger partial charge in [0.2, 0.25) is 0 Å². The Morgan fingerprint density at radius 1 is 1.24 bits per heavy atom. The van der Waals surface area contributed by atoms with Crippen molar-refractivity contribution >= 4 is 11.6 Å². The van der Waals surface area contributed by atoms with Crippen LogP contribution in [0.2, 0.25) is 5.02 Å². The van der Waals surface area contributed by atoms with Gasteiger partial charge in [-0.15, -0.1) is 0 Å². The predicted octanol–water partition coefficient (Wildman–Crippen LogP) is 3.42. The van der Waals surface area contributed by atoms with Crippen molar-refractivity contribution in [2.75, 3.05) is 7.11 Å². The Morgan fingerprint density at radius 3 is 2.65 bits per heavy atom. The normalized spacial score (nSPS) is 10.4. The molecule has 4 heteroatoms. The standard InChI is InChI=1S/C13H13ClN2O/c1-8-7-15-9(2)16-13(8)10-4-5-12(17-3)11(14)6-10/h4-7H,1-3H3. The summed E-state index contributed by atoms with van der Waals surface area (Å²) in [5.74, 6) is 1.41. The molecule has 0 spiro atoms. The lowest BCUT2D eigenvalue weighted by atomic mass is 10.1. The molecule has 0 fully saturated rings. The fourth-order valence-corrected chi connectivity index (χ4v) is 1.89. The van der Waals surface area contributed by atoms with Gasteiger partial charge in [-0.25, -0.2) is 9.97 Å². The van der Waals surface area contributed by atoms with Gasteiger partial charge in [0.25, 0.3) is 0 Å². The summed E-state index contributed by atoms with van der Waals surface area (Å²) in [6.45, 7) is 3.85. The highest BCUT2D eigenvalue weighted by Gasteiger charge is 2.08. The average molecular weight is 249 g/mol. The first-order chi connectivity index (χ1) is 8.11. The van der Waals surface area contributed by atoms with Crippen molar-refractivity contribution in [2.45, 2.75) is 13.8 Å². The lowest BCUT2D eigenvalue weighted by molar-refractivity contribution is 0.415. The number of ether oxygens (including phenoxy) is 1. The van der Waals surface area contributed by atoms with Gasteiger partial charge in [-0.1, -0.05) is 11.6 Å². The van der Waals surface area contributed by atoms with Crippen LogP contribution in [0.5, 0.6) is 5.75 Å². The molecule has 2 aromatic rings. The maximum Gasteiger partial charge on any atom is 0.137 e. The van der Waals surface area contributed by atoms with Crippen LogP contribution < -0.4 is 4.74 Å². The molecule has 1 heterocycles. The van der Waals surface area contributed by atoms with E-state index in [2.05, 4.69) is 9.97 Å². The summed E-state index contributed by atoms with van der Waals surface area (Å²) >= 11 is 6.10. The smallest absolute Gasteiger partial charge is 0.137 e. The first kappa shape index (κ1) is 11.9. The van der Waals surface area contributed by atoms with Crippen molar-refractivity contribution in [3.8, 4) is 17.0 Å². The quantitative estimate of drug-likeness (QED) is 0.817. The van der Waals surface area contributed by atoms with E-state index >= 15 is 0 Å². The number of aryl methyl sites for hydroxylation is 2. The summed E-state index contributed by atoms with van der Waals surface area (Å²) in [5.41, 5.74) is 2.90. The Balaban J connectivity index is 2.53. The molecule has 0 aliphatic rings. The number of hydrogen-bond donors (Lipinski definition) is 0. The molecule has 1 aromatic heterocycles. The number of hydrogen-bond acceptors (Lipinski definition) is 3. The van der Waals surface area contributed by atoms with E-state index in [-0.39, 0.29) is 0 Å². The van der Waals surface area contributed by atoms with Gasteiger partial charge < -0.3 is 4.74 Å². The molecule has 2 rings (SSSR count). The highest BCUT2D eigenvalue weighted by Crippen LogP contribution is 2.30. The Bertz CT molecular complexity index is 555. The SMILES string of the molecule is COc1ccc(-c2nc(C)ncc2C)cc1Cl. The highest BCUT2D eigenvalue weighted by molar-refractivity contribution is 6.32. The maximum atomic E-state index is 6.10. The van der Waals surface area contributed by atoms with Crippen LogP contribution in [0.15, 0.2) is 24.4 Å². The molecule has 3 nitrogen and oxygen atoms in total. The number of nitrogens with zero attached hydrogens (tertiary/aromatic N) is 2. The summed E-state index contributed by atoms with van der Waals surface area (Å²) in [7, 11) is 1.60. The fourth-order valence-electron chi connectivity index (χ4n) is 1.64. The third kappa shape index (κ3) is 2.39. The van der Waals surface area contributed by atoms with E-state index in [9.17, 15) is 0 Å². The number of benzene rings is 1. The molecule has 17 heavy (non-hydrogen) atoms. The third-order valence-electron chi connectivity index (χ3n) is 2.52. The van der Waals surface area contributed by atoms with E-state index in [1.54, 1.807) is 7.11 Å². The van der Waals surface area contributed by atoms with E-state index in [0.717, 1.165) is 22.6 Å². The van der Waals surface area contributed by atoms with E-state index in [1.807, 2.05) is 38.2 Å². The van der Waals surface area contributed by atoms with Crippen LogP contribution in [-0.4, -0.2) is 17.1 Å². The lowest BCUT2D eigenvalue weighted by Crippen LogP contribution is -1.94. The number of rotatable bonds is 2. The fraction of sp³-hybridized carbons (Fsp3) is 0.231. The largest absolute Gasteiger partial charge is 0.495 e. The first-order valence-electron chi connectivity index (χ1n) is 5.26. The zero-order valence-corrected chi connectivity index (χ0v) is 10.7. The molecule has 0 aliphatic carbocycles. The number of aromatic nitrogens is 2. The van der Waals surface area contributed by atoms with Crippen molar-refractivity contribution < 1.29 is 4.74 Å². The predicted molar refractivity (Wildman–Crippen MR) is 68.5 cm³/mol. The summed E-state index contributed by atoms with van der Waals surface area (Å²) in [6, 6.07) is 5.64. The van der Waals surface area contributed by atoms with Crippen molar-refractivity contribution in [1.82, 2.24) is 9.97 Å². The van der Waals surface area contributed by atoms with Crippen molar-refractivity contribution in [1.29, 1.82) is 0 Å². The Morgan fingerprint density at radius 2 is 2.00 bits per heavy atom. The molecule has 0 amide bonds. The molecule has 0 saturated carbocycles. The summed E-state index contributed by atoms with van der Waals surface area (Å²) in [5, 5.41) is 0.584. The minimum atomic E-state index is 0.584. The van der Waals surface area contributed by atoms with Crippen LogP contribution >= 0.6 is 11.6 Å². The summed E-state index contributed by atoms with van der Waals surface area (Å²) in [6.07, 6.45) is 1.82. The van der Waals surface area contributed by atoms with Crippen LogP contribution in [0.3, 0.4) is 0 Å². The monoisotopic (exact) mass is 248 g/mol. The Hall–Kier alpha value is -1.61. The first-order valence-corrected chi connectivity index (χ1v) is 5.64. The molecule has 88 valence electrons. The average Bonchev–Trinajstić information content (AvgIpc) is 2.32. The van der Waals surface area contributed by atoms with Crippen molar-refractivity contribution in [3.05, 3.63) is 40.8 Å². The van der Waals surface area contributed by atoms with Gasteiger partial charge in [0.1, 0.15) is 11.6 Å². The van der Waals surface area contributed by atoms with Gasteiger partial charge in [0.05, 0.1) is 17.8 Å². The van der Waals surface area contributed by atoms with Crippen LogP contribution in [0.25, 0.3) is 11.3 Å². The van der Waals surface area contributed by atoms with Crippen molar-refractivity contribution in [2.24, 2.45) is 0 Å². The maximum absolute atomic E-state index is 6.10. The molecular weight excluding hydrogens is 236 g/mol. The second kappa shape index (κ2) is 4.72. The van der Waals surface area contributed by atoms with Crippen molar-refractivity contribution in [3.63, 3.8) is 0 Å². The molecule has 0 N–H and O–H groups in total. The Labute approximate surface area is 105 Å².